The van der Waals surface area contributed by atoms with Crippen molar-refractivity contribution in [3.63, 3.8) is 0 Å². The van der Waals surface area contributed by atoms with Crippen molar-refractivity contribution in [3.05, 3.63) is 58.1 Å². The molecule has 0 fully saturated rings. The summed E-state index contributed by atoms with van der Waals surface area (Å²) < 4.78 is 15.2. The second kappa shape index (κ2) is 4.92. The van der Waals surface area contributed by atoms with Crippen LogP contribution in [0.5, 0.6) is 0 Å². The quantitative estimate of drug-likeness (QED) is 0.803. The van der Waals surface area contributed by atoms with Crippen molar-refractivity contribution >= 4 is 27.9 Å². The Balaban J connectivity index is 1.86. The number of imidazole rings is 1. The van der Waals surface area contributed by atoms with Crippen LogP contribution in [-0.2, 0) is 6.42 Å². The molecule has 1 aromatic carbocycles. The monoisotopic (exact) mass is 296 g/mol. The Morgan fingerprint density at radius 2 is 2.32 bits per heavy atom. The standard InChI is InChI=1S/C13H10ClFN2OS/c14-12-9(2-1-3-10(12)15)11(18)6-8-7-17-4-5-19-13(17)16-8/h1-5,7,11,18H,6H2. The largest absolute Gasteiger partial charge is 0.388 e. The fourth-order valence-corrected chi connectivity index (χ4v) is 2.93. The summed E-state index contributed by atoms with van der Waals surface area (Å²) in [5.41, 5.74) is 1.14. The zero-order valence-electron chi connectivity index (χ0n) is 9.75. The molecule has 1 unspecified atom stereocenters. The van der Waals surface area contributed by atoms with Gasteiger partial charge in [-0.2, -0.15) is 0 Å². The summed E-state index contributed by atoms with van der Waals surface area (Å²) in [6.45, 7) is 0. The van der Waals surface area contributed by atoms with Gasteiger partial charge in [-0.25, -0.2) is 9.37 Å². The highest BCUT2D eigenvalue weighted by Gasteiger charge is 2.16. The highest BCUT2D eigenvalue weighted by Crippen LogP contribution is 2.28. The zero-order chi connectivity index (χ0) is 13.4. The van der Waals surface area contributed by atoms with Gasteiger partial charge in [-0.3, -0.25) is 4.40 Å². The lowest BCUT2D eigenvalue weighted by Crippen LogP contribution is -2.03. The van der Waals surface area contributed by atoms with Crippen LogP contribution in [-0.4, -0.2) is 14.5 Å². The predicted molar refractivity (Wildman–Crippen MR) is 73.1 cm³/mol. The van der Waals surface area contributed by atoms with Crippen molar-refractivity contribution in [1.82, 2.24) is 9.38 Å². The summed E-state index contributed by atoms with van der Waals surface area (Å²) >= 11 is 7.37. The van der Waals surface area contributed by atoms with Gasteiger partial charge in [-0.05, 0) is 6.07 Å². The first-order valence-electron chi connectivity index (χ1n) is 5.68. The summed E-state index contributed by atoms with van der Waals surface area (Å²) in [5, 5.41) is 12.0. The van der Waals surface area contributed by atoms with Crippen molar-refractivity contribution < 1.29 is 9.50 Å². The van der Waals surface area contributed by atoms with Crippen LogP contribution >= 0.6 is 22.9 Å². The number of fused-ring (bicyclic) bond motifs is 1. The van der Waals surface area contributed by atoms with Crippen LogP contribution in [0.4, 0.5) is 4.39 Å². The third kappa shape index (κ3) is 2.36. The molecule has 3 rings (SSSR count). The third-order valence-electron chi connectivity index (χ3n) is 2.89. The zero-order valence-corrected chi connectivity index (χ0v) is 11.3. The van der Waals surface area contributed by atoms with Gasteiger partial charge in [-0.1, -0.05) is 23.7 Å². The van der Waals surface area contributed by atoms with Gasteiger partial charge in [0.15, 0.2) is 4.96 Å². The van der Waals surface area contributed by atoms with E-state index >= 15 is 0 Å². The van der Waals surface area contributed by atoms with Crippen molar-refractivity contribution in [2.75, 3.05) is 0 Å². The molecule has 1 atom stereocenters. The predicted octanol–water partition coefficient (Wildman–Crippen LogP) is 3.46. The molecule has 0 radical (unpaired) electrons. The Hall–Kier alpha value is -1.43. The van der Waals surface area contributed by atoms with Crippen LogP contribution in [0.3, 0.4) is 0 Å². The molecule has 2 aromatic heterocycles. The lowest BCUT2D eigenvalue weighted by atomic mass is 10.1. The number of aliphatic hydroxyl groups is 1. The number of aromatic nitrogens is 2. The molecular weight excluding hydrogens is 287 g/mol. The molecule has 0 spiro atoms. The van der Waals surface area contributed by atoms with Gasteiger partial charge in [0, 0.05) is 29.8 Å². The highest BCUT2D eigenvalue weighted by atomic mass is 35.5. The van der Waals surface area contributed by atoms with Crippen molar-refractivity contribution in [2.45, 2.75) is 12.5 Å². The van der Waals surface area contributed by atoms with Crippen LogP contribution in [0.1, 0.15) is 17.4 Å². The van der Waals surface area contributed by atoms with E-state index in [0.29, 0.717) is 12.0 Å². The van der Waals surface area contributed by atoms with E-state index in [1.807, 2.05) is 22.2 Å². The summed E-state index contributed by atoms with van der Waals surface area (Å²) in [6.07, 6.45) is 3.19. The second-order valence-electron chi connectivity index (χ2n) is 4.19. The maximum atomic E-state index is 13.3. The topological polar surface area (TPSA) is 37.5 Å². The summed E-state index contributed by atoms with van der Waals surface area (Å²) in [5.74, 6) is -0.524. The number of hydrogen-bond acceptors (Lipinski definition) is 3. The summed E-state index contributed by atoms with van der Waals surface area (Å²) in [7, 11) is 0. The molecule has 0 saturated heterocycles. The van der Waals surface area contributed by atoms with Gasteiger partial charge >= 0.3 is 0 Å². The number of rotatable bonds is 3. The molecule has 0 aliphatic carbocycles. The van der Waals surface area contributed by atoms with E-state index in [-0.39, 0.29) is 5.02 Å². The Bertz CT molecular complexity index is 696. The lowest BCUT2D eigenvalue weighted by molar-refractivity contribution is 0.177. The molecule has 6 heteroatoms. The summed E-state index contributed by atoms with van der Waals surface area (Å²) in [6, 6.07) is 4.42. The van der Waals surface area contributed by atoms with E-state index in [0.717, 1.165) is 10.7 Å². The number of aliphatic hydroxyl groups excluding tert-OH is 1. The molecule has 0 bridgehead atoms. The van der Waals surface area contributed by atoms with Crippen LogP contribution in [0.15, 0.2) is 36.0 Å². The smallest absolute Gasteiger partial charge is 0.193 e. The molecule has 0 aliphatic rings. The number of thiazole rings is 1. The van der Waals surface area contributed by atoms with E-state index in [9.17, 15) is 9.50 Å². The van der Waals surface area contributed by atoms with E-state index in [1.54, 1.807) is 6.07 Å². The average Bonchev–Trinajstić information content (AvgIpc) is 2.93. The van der Waals surface area contributed by atoms with Crippen LogP contribution in [0.25, 0.3) is 4.96 Å². The maximum Gasteiger partial charge on any atom is 0.193 e. The molecule has 1 N–H and O–H groups in total. The summed E-state index contributed by atoms with van der Waals surface area (Å²) in [4.78, 5) is 5.24. The fourth-order valence-electron chi connectivity index (χ4n) is 1.96. The van der Waals surface area contributed by atoms with Gasteiger partial charge in [0.25, 0.3) is 0 Å². The van der Waals surface area contributed by atoms with Crippen LogP contribution < -0.4 is 0 Å². The van der Waals surface area contributed by atoms with Gasteiger partial charge in [0.05, 0.1) is 16.8 Å². The lowest BCUT2D eigenvalue weighted by Gasteiger charge is -2.11. The number of halogens is 2. The first-order valence-corrected chi connectivity index (χ1v) is 6.94. The Morgan fingerprint density at radius 1 is 1.47 bits per heavy atom. The van der Waals surface area contributed by atoms with Crippen molar-refractivity contribution in [2.24, 2.45) is 0 Å². The minimum atomic E-state index is -0.868. The molecule has 0 aliphatic heterocycles. The van der Waals surface area contributed by atoms with Gasteiger partial charge in [-0.15, -0.1) is 11.3 Å². The van der Waals surface area contributed by atoms with Crippen LogP contribution in [0, 0.1) is 5.82 Å². The van der Waals surface area contributed by atoms with Gasteiger partial charge in [0.1, 0.15) is 5.82 Å². The van der Waals surface area contributed by atoms with Crippen LogP contribution in [0.2, 0.25) is 5.02 Å². The first kappa shape index (κ1) is 12.6. The highest BCUT2D eigenvalue weighted by molar-refractivity contribution is 7.15. The molecule has 0 amide bonds. The Labute approximate surface area is 117 Å². The number of nitrogens with zero attached hydrogens (tertiary/aromatic N) is 2. The normalized spacial score (nSPS) is 13.0. The van der Waals surface area contributed by atoms with Gasteiger partial charge < -0.3 is 5.11 Å². The van der Waals surface area contributed by atoms with E-state index < -0.39 is 11.9 Å². The SMILES string of the molecule is OC(Cc1cn2ccsc2n1)c1cccc(F)c1Cl. The Morgan fingerprint density at radius 3 is 3.11 bits per heavy atom. The second-order valence-corrected chi connectivity index (χ2v) is 5.44. The molecule has 3 aromatic rings. The fraction of sp³-hybridized carbons (Fsp3) is 0.154. The number of hydrogen-bond donors (Lipinski definition) is 1. The third-order valence-corrected chi connectivity index (χ3v) is 4.06. The minimum absolute atomic E-state index is 0.0315. The van der Waals surface area contributed by atoms with E-state index in [1.165, 1.54) is 23.5 Å². The van der Waals surface area contributed by atoms with Gasteiger partial charge in [0.2, 0.25) is 0 Å². The molecule has 19 heavy (non-hydrogen) atoms. The molecule has 0 saturated carbocycles. The number of benzene rings is 1. The van der Waals surface area contributed by atoms with Crippen molar-refractivity contribution in [1.29, 1.82) is 0 Å². The first-order chi connectivity index (χ1) is 9.15. The molecular formula is C13H10ClFN2OS. The Kier molecular flexibility index (Phi) is 3.26. The minimum Gasteiger partial charge on any atom is -0.388 e. The van der Waals surface area contributed by atoms with E-state index in [4.69, 9.17) is 11.6 Å². The molecule has 2 heterocycles. The molecule has 98 valence electrons. The average molecular weight is 297 g/mol. The van der Waals surface area contributed by atoms with Crippen molar-refractivity contribution in [3.8, 4) is 0 Å². The maximum absolute atomic E-state index is 13.3. The van der Waals surface area contributed by atoms with E-state index in [2.05, 4.69) is 4.98 Å². The molecule has 3 nitrogen and oxygen atoms in total.